The maximum absolute atomic E-state index is 11.9. The van der Waals surface area contributed by atoms with Gasteiger partial charge in [-0.3, -0.25) is 4.90 Å². The van der Waals surface area contributed by atoms with E-state index in [1.54, 1.807) is 11.9 Å². The molecule has 1 saturated heterocycles. The van der Waals surface area contributed by atoms with E-state index in [9.17, 15) is 4.79 Å². The van der Waals surface area contributed by atoms with Crippen LogP contribution >= 0.6 is 0 Å². The highest BCUT2D eigenvalue weighted by molar-refractivity contribution is 5.81. The normalized spacial score (nSPS) is 18.2. The van der Waals surface area contributed by atoms with Crippen molar-refractivity contribution in [2.45, 2.75) is 6.92 Å². The molecule has 0 radical (unpaired) electrons. The molecular weight excluding hydrogens is 222 g/mol. The minimum atomic E-state index is 0.0657. The molecule has 3 N–H and O–H groups in total. The van der Waals surface area contributed by atoms with Crippen LogP contribution in [0.2, 0.25) is 0 Å². The summed E-state index contributed by atoms with van der Waals surface area (Å²) in [6.07, 6.45) is 0. The number of oxime groups is 1. The Bertz CT molecular complexity index is 286. The second kappa shape index (κ2) is 6.29. The summed E-state index contributed by atoms with van der Waals surface area (Å²) in [6.45, 7) is 5.97. The molecule has 7 heteroatoms. The Morgan fingerprint density at radius 1 is 1.41 bits per heavy atom. The van der Waals surface area contributed by atoms with E-state index in [4.69, 9.17) is 10.9 Å². The summed E-state index contributed by atoms with van der Waals surface area (Å²) in [7, 11) is 1.80. The second-order valence-corrected chi connectivity index (χ2v) is 4.15. The van der Waals surface area contributed by atoms with Crippen LogP contribution in [0.4, 0.5) is 4.79 Å². The number of nitrogens with two attached hydrogens (primary N) is 1. The number of rotatable bonds is 3. The van der Waals surface area contributed by atoms with Crippen LogP contribution in [0, 0.1) is 0 Å². The predicted molar refractivity (Wildman–Crippen MR) is 65.1 cm³/mol. The van der Waals surface area contributed by atoms with E-state index in [0.29, 0.717) is 26.2 Å². The zero-order chi connectivity index (χ0) is 12.8. The number of urea groups is 1. The number of carbonyl (C=O) groups excluding carboxylic acids is 1. The van der Waals surface area contributed by atoms with Gasteiger partial charge in [0.1, 0.15) is 0 Å². The van der Waals surface area contributed by atoms with E-state index < -0.39 is 0 Å². The standard InChI is InChI=1S/C10H21N5O2/c1-3-13(2)10(16)15-6-4-14(5-7-15)8-9(11)12-17/h17H,3-8H2,1-2H3,(H2,11,12). The van der Waals surface area contributed by atoms with Crippen molar-refractivity contribution in [2.75, 3.05) is 46.3 Å². The number of amides is 2. The third kappa shape index (κ3) is 3.77. The zero-order valence-corrected chi connectivity index (χ0v) is 10.5. The number of nitrogens with zero attached hydrogens (tertiary/aromatic N) is 4. The van der Waals surface area contributed by atoms with Crippen molar-refractivity contribution < 1.29 is 10.0 Å². The summed E-state index contributed by atoms with van der Waals surface area (Å²) in [5.74, 6) is 0.204. The molecule has 0 atom stereocenters. The number of amidine groups is 1. The van der Waals surface area contributed by atoms with Gasteiger partial charge in [0, 0.05) is 39.8 Å². The van der Waals surface area contributed by atoms with Gasteiger partial charge in [-0.1, -0.05) is 5.16 Å². The third-order valence-corrected chi connectivity index (χ3v) is 2.96. The van der Waals surface area contributed by atoms with Gasteiger partial charge in [-0.15, -0.1) is 0 Å². The molecule has 7 nitrogen and oxygen atoms in total. The van der Waals surface area contributed by atoms with Gasteiger partial charge in [0.05, 0.1) is 6.54 Å². The Morgan fingerprint density at radius 3 is 2.47 bits per heavy atom. The lowest BCUT2D eigenvalue weighted by molar-refractivity contribution is 0.126. The first-order chi connectivity index (χ1) is 8.08. The molecule has 0 spiro atoms. The predicted octanol–water partition coefficient (Wildman–Crippen LogP) is -0.578. The molecule has 0 aromatic heterocycles. The van der Waals surface area contributed by atoms with Crippen LogP contribution < -0.4 is 5.73 Å². The van der Waals surface area contributed by atoms with Crippen molar-refractivity contribution in [3.63, 3.8) is 0 Å². The Balaban J connectivity index is 2.38. The molecule has 0 saturated carbocycles. The highest BCUT2D eigenvalue weighted by Gasteiger charge is 2.23. The van der Waals surface area contributed by atoms with Crippen LogP contribution in [0.5, 0.6) is 0 Å². The van der Waals surface area contributed by atoms with Crippen LogP contribution in [0.3, 0.4) is 0 Å². The molecular formula is C10H21N5O2. The molecule has 1 heterocycles. The zero-order valence-electron chi connectivity index (χ0n) is 10.5. The lowest BCUT2D eigenvalue weighted by Crippen LogP contribution is -2.53. The van der Waals surface area contributed by atoms with Crippen molar-refractivity contribution >= 4 is 11.9 Å². The van der Waals surface area contributed by atoms with Crippen LogP contribution in [0.25, 0.3) is 0 Å². The third-order valence-electron chi connectivity index (χ3n) is 2.96. The second-order valence-electron chi connectivity index (χ2n) is 4.15. The highest BCUT2D eigenvalue weighted by atomic mass is 16.4. The van der Waals surface area contributed by atoms with E-state index in [2.05, 4.69) is 10.1 Å². The molecule has 0 unspecified atom stereocenters. The molecule has 1 aliphatic heterocycles. The lowest BCUT2D eigenvalue weighted by atomic mass is 10.3. The first-order valence-electron chi connectivity index (χ1n) is 5.77. The van der Waals surface area contributed by atoms with Gasteiger partial charge in [0.25, 0.3) is 0 Å². The fourth-order valence-electron chi connectivity index (χ4n) is 1.73. The Labute approximate surface area is 101 Å². The van der Waals surface area contributed by atoms with Gasteiger partial charge >= 0.3 is 6.03 Å². The molecule has 0 aromatic rings. The van der Waals surface area contributed by atoms with Crippen molar-refractivity contribution in [2.24, 2.45) is 10.9 Å². The Hall–Kier alpha value is -1.50. The summed E-state index contributed by atoms with van der Waals surface area (Å²) in [5, 5.41) is 11.4. The first-order valence-corrected chi connectivity index (χ1v) is 5.77. The van der Waals surface area contributed by atoms with E-state index in [1.165, 1.54) is 0 Å². The molecule has 17 heavy (non-hydrogen) atoms. The highest BCUT2D eigenvalue weighted by Crippen LogP contribution is 2.04. The number of carbonyl (C=O) groups is 1. The number of hydrogen-bond acceptors (Lipinski definition) is 4. The van der Waals surface area contributed by atoms with Gasteiger partial charge in [0.2, 0.25) is 0 Å². The Morgan fingerprint density at radius 2 is 2.00 bits per heavy atom. The van der Waals surface area contributed by atoms with Gasteiger partial charge in [-0.25, -0.2) is 4.79 Å². The molecule has 1 aliphatic rings. The molecule has 0 bridgehead atoms. The lowest BCUT2D eigenvalue weighted by Gasteiger charge is -2.36. The summed E-state index contributed by atoms with van der Waals surface area (Å²) < 4.78 is 0. The summed E-state index contributed by atoms with van der Waals surface area (Å²) in [5.41, 5.74) is 5.44. The van der Waals surface area contributed by atoms with Crippen molar-refractivity contribution in [3.8, 4) is 0 Å². The smallest absolute Gasteiger partial charge is 0.319 e. The SMILES string of the molecule is CCN(C)C(=O)N1CCN(CC(N)=NO)CC1. The maximum Gasteiger partial charge on any atom is 0.319 e. The average molecular weight is 243 g/mol. The van der Waals surface area contributed by atoms with Gasteiger partial charge in [-0.2, -0.15) is 0 Å². The van der Waals surface area contributed by atoms with Crippen molar-refractivity contribution in [1.29, 1.82) is 0 Å². The maximum atomic E-state index is 11.9. The van der Waals surface area contributed by atoms with Crippen molar-refractivity contribution in [3.05, 3.63) is 0 Å². The van der Waals surface area contributed by atoms with Crippen LogP contribution in [-0.4, -0.2) is 78.1 Å². The van der Waals surface area contributed by atoms with Crippen LogP contribution in [0.1, 0.15) is 6.92 Å². The monoisotopic (exact) mass is 243 g/mol. The Kier molecular flexibility index (Phi) is 5.02. The number of hydrogen-bond donors (Lipinski definition) is 2. The minimum Gasteiger partial charge on any atom is -0.409 e. The fraction of sp³-hybridized carbons (Fsp3) is 0.800. The van der Waals surface area contributed by atoms with E-state index in [1.807, 2.05) is 11.8 Å². The number of piperazine rings is 1. The van der Waals surface area contributed by atoms with E-state index in [-0.39, 0.29) is 11.9 Å². The summed E-state index contributed by atoms with van der Waals surface area (Å²) in [4.78, 5) is 17.4. The van der Waals surface area contributed by atoms with E-state index >= 15 is 0 Å². The molecule has 2 amide bonds. The fourth-order valence-corrected chi connectivity index (χ4v) is 1.73. The minimum absolute atomic E-state index is 0.0657. The average Bonchev–Trinajstić information content (AvgIpc) is 2.37. The van der Waals surface area contributed by atoms with E-state index in [0.717, 1.165) is 13.1 Å². The topological polar surface area (TPSA) is 85.4 Å². The summed E-state index contributed by atoms with van der Waals surface area (Å²) in [6, 6.07) is 0.0657. The quantitative estimate of drug-likeness (QED) is 0.301. The molecule has 0 aliphatic carbocycles. The largest absolute Gasteiger partial charge is 0.409 e. The molecule has 1 rings (SSSR count). The van der Waals surface area contributed by atoms with Crippen LogP contribution in [0.15, 0.2) is 5.16 Å². The summed E-state index contributed by atoms with van der Waals surface area (Å²) >= 11 is 0. The molecule has 98 valence electrons. The van der Waals surface area contributed by atoms with Crippen LogP contribution in [-0.2, 0) is 0 Å². The molecule has 0 aromatic carbocycles. The molecule has 1 fully saturated rings. The first kappa shape index (κ1) is 13.6. The van der Waals surface area contributed by atoms with Gasteiger partial charge < -0.3 is 20.7 Å². The van der Waals surface area contributed by atoms with Gasteiger partial charge in [0.15, 0.2) is 5.84 Å². The van der Waals surface area contributed by atoms with Gasteiger partial charge in [-0.05, 0) is 6.92 Å². The van der Waals surface area contributed by atoms with Crippen molar-refractivity contribution in [1.82, 2.24) is 14.7 Å².